The summed E-state index contributed by atoms with van der Waals surface area (Å²) in [5.74, 6) is -1.25. The number of hydrogen-bond donors (Lipinski definition) is 2. The zero-order valence-electron chi connectivity index (χ0n) is 16.5. The highest BCUT2D eigenvalue weighted by molar-refractivity contribution is 6.01. The Bertz CT molecular complexity index is 1090. The first-order chi connectivity index (χ1) is 13.9. The van der Waals surface area contributed by atoms with E-state index in [-0.39, 0.29) is 29.0 Å². The van der Waals surface area contributed by atoms with Crippen molar-refractivity contribution in [2.75, 3.05) is 12.4 Å². The van der Waals surface area contributed by atoms with Gasteiger partial charge in [0.2, 0.25) is 5.91 Å². The molecule has 3 rings (SSSR count). The fourth-order valence-electron chi connectivity index (χ4n) is 3.26. The summed E-state index contributed by atoms with van der Waals surface area (Å²) in [5.41, 5.74) is 1.77. The predicted molar refractivity (Wildman–Crippen MR) is 112 cm³/mol. The number of hydrogen-bond acceptors (Lipinski definition) is 4. The van der Waals surface area contributed by atoms with E-state index in [2.05, 4.69) is 10.6 Å². The van der Waals surface area contributed by atoms with Crippen molar-refractivity contribution in [3.8, 4) is 0 Å². The van der Waals surface area contributed by atoms with Crippen LogP contribution >= 0.6 is 0 Å². The lowest BCUT2D eigenvalue weighted by molar-refractivity contribution is -0.114. The number of fused-ring (bicyclic) bond motifs is 1. The van der Waals surface area contributed by atoms with E-state index < -0.39 is 5.97 Å². The van der Waals surface area contributed by atoms with Gasteiger partial charge in [-0.2, -0.15) is 0 Å². The summed E-state index contributed by atoms with van der Waals surface area (Å²) in [6.45, 7) is 3.26. The van der Waals surface area contributed by atoms with Gasteiger partial charge in [-0.1, -0.05) is 42.5 Å². The lowest BCUT2D eigenvalue weighted by Crippen LogP contribution is -2.27. The molecule has 0 aliphatic carbocycles. The number of carbonyl (C=O) groups is 3. The molecule has 3 aromatic rings. The summed E-state index contributed by atoms with van der Waals surface area (Å²) in [6.07, 6.45) is 0. The topological polar surface area (TPSA) is 84.5 Å². The molecule has 2 N–H and O–H groups in total. The molecule has 0 spiro atoms. The highest BCUT2D eigenvalue weighted by Crippen LogP contribution is 2.25. The zero-order valence-corrected chi connectivity index (χ0v) is 16.5. The molecule has 6 nitrogen and oxygen atoms in total. The average molecular weight is 390 g/mol. The van der Waals surface area contributed by atoms with E-state index in [0.717, 1.165) is 16.3 Å². The highest BCUT2D eigenvalue weighted by atomic mass is 16.5. The van der Waals surface area contributed by atoms with E-state index in [0.29, 0.717) is 5.69 Å². The van der Waals surface area contributed by atoms with Gasteiger partial charge in [-0.25, -0.2) is 4.79 Å². The molecule has 0 saturated heterocycles. The second kappa shape index (κ2) is 8.56. The smallest absolute Gasteiger partial charge is 0.337 e. The third-order valence-electron chi connectivity index (χ3n) is 4.57. The van der Waals surface area contributed by atoms with E-state index >= 15 is 0 Å². The van der Waals surface area contributed by atoms with Crippen molar-refractivity contribution in [2.24, 2.45) is 0 Å². The molecule has 3 aromatic carbocycles. The first-order valence-electron chi connectivity index (χ1n) is 9.18. The van der Waals surface area contributed by atoms with Crippen LogP contribution < -0.4 is 10.6 Å². The molecule has 0 aliphatic heterocycles. The molecule has 0 saturated carbocycles. The van der Waals surface area contributed by atoms with Gasteiger partial charge in [-0.05, 0) is 41.5 Å². The van der Waals surface area contributed by atoms with Crippen LogP contribution in [0.3, 0.4) is 0 Å². The fraction of sp³-hybridized carbons (Fsp3) is 0.174. The Balaban J connectivity index is 1.91. The van der Waals surface area contributed by atoms with Crippen LogP contribution in [0.2, 0.25) is 0 Å². The molecule has 0 radical (unpaired) electrons. The minimum absolute atomic E-state index is 0.182. The molecule has 148 valence electrons. The van der Waals surface area contributed by atoms with E-state index in [1.807, 2.05) is 49.4 Å². The quantitative estimate of drug-likeness (QED) is 0.643. The maximum Gasteiger partial charge on any atom is 0.337 e. The van der Waals surface area contributed by atoms with E-state index in [9.17, 15) is 14.4 Å². The van der Waals surface area contributed by atoms with E-state index in [1.54, 1.807) is 0 Å². The average Bonchev–Trinajstić information content (AvgIpc) is 2.71. The van der Waals surface area contributed by atoms with Crippen LogP contribution in [0, 0.1) is 0 Å². The third-order valence-corrected chi connectivity index (χ3v) is 4.57. The first kappa shape index (κ1) is 20.1. The van der Waals surface area contributed by atoms with Gasteiger partial charge in [0, 0.05) is 18.2 Å². The number of esters is 1. The number of anilines is 1. The molecule has 2 amide bonds. The van der Waals surface area contributed by atoms with Crippen LogP contribution in [-0.4, -0.2) is 24.9 Å². The monoisotopic (exact) mass is 390 g/mol. The van der Waals surface area contributed by atoms with Crippen molar-refractivity contribution in [3.05, 3.63) is 77.4 Å². The molecule has 6 heteroatoms. The lowest BCUT2D eigenvalue weighted by atomic mass is 9.99. The van der Waals surface area contributed by atoms with Gasteiger partial charge in [0.05, 0.1) is 18.7 Å². The summed E-state index contributed by atoms with van der Waals surface area (Å²) in [7, 11) is 1.26. The van der Waals surface area contributed by atoms with Crippen molar-refractivity contribution in [3.63, 3.8) is 0 Å². The van der Waals surface area contributed by atoms with Crippen molar-refractivity contribution >= 4 is 34.2 Å². The Hall–Kier alpha value is -3.67. The second-order valence-electron chi connectivity index (χ2n) is 6.74. The van der Waals surface area contributed by atoms with Gasteiger partial charge in [0.1, 0.15) is 0 Å². The standard InChI is InChI=1S/C23H22N2O4/c1-14(20-10-6-8-16-7-4-5-9-21(16)20)24-22(27)17-11-18(23(28)29-3)13-19(12-17)25-15(2)26/h4-14H,1-3H3,(H,24,27)(H,25,26)/t14-/m1/s1. The van der Waals surface area contributed by atoms with E-state index in [4.69, 9.17) is 4.74 Å². The summed E-state index contributed by atoms with van der Waals surface area (Å²) in [4.78, 5) is 36.2. The molecular formula is C23H22N2O4. The minimum atomic E-state index is -0.589. The molecular weight excluding hydrogens is 368 g/mol. The Labute approximate surface area is 168 Å². The summed E-state index contributed by atoms with van der Waals surface area (Å²) in [5, 5.41) is 7.72. The molecule has 0 heterocycles. The van der Waals surface area contributed by atoms with Crippen LogP contribution in [0.5, 0.6) is 0 Å². The Morgan fingerprint density at radius 1 is 0.931 bits per heavy atom. The van der Waals surface area contributed by atoms with Crippen molar-refractivity contribution < 1.29 is 19.1 Å². The zero-order chi connectivity index (χ0) is 21.0. The number of ether oxygens (including phenoxy) is 1. The number of carbonyl (C=O) groups excluding carboxylic acids is 3. The van der Waals surface area contributed by atoms with E-state index in [1.165, 1.54) is 32.2 Å². The number of methoxy groups -OCH3 is 1. The second-order valence-corrected chi connectivity index (χ2v) is 6.74. The van der Waals surface area contributed by atoms with Gasteiger partial charge in [0.25, 0.3) is 5.91 Å². The largest absolute Gasteiger partial charge is 0.465 e. The van der Waals surface area contributed by atoms with Crippen LogP contribution in [0.15, 0.2) is 60.7 Å². The van der Waals surface area contributed by atoms with Crippen LogP contribution in [0.1, 0.15) is 46.2 Å². The molecule has 0 unspecified atom stereocenters. The first-order valence-corrected chi connectivity index (χ1v) is 9.18. The van der Waals surface area contributed by atoms with Gasteiger partial charge < -0.3 is 15.4 Å². The van der Waals surface area contributed by atoms with Gasteiger partial charge in [0.15, 0.2) is 0 Å². The molecule has 0 bridgehead atoms. The Morgan fingerprint density at radius 2 is 1.62 bits per heavy atom. The van der Waals surface area contributed by atoms with Crippen LogP contribution in [0.4, 0.5) is 5.69 Å². The minimum Gasteiger partial charge on any atom is -0.465 e. The predicted octanol–water partition coefficient (Wildman–Crippen LogP) is 4.08. The van der Waals surface area contributed by atoms with Crippen LogP contribution in [-0.2, 0) is 9.53 Å². The fourth-order valence-corrected chi connectivity index (χ4v) is 3.26. The van der Waals surface area contributed by atoms with Gasteiger partial charge >= 0.3 is 5.97 Å². The Kier molecular flexibility index (Phi) is 5.93. The molecule has 0 aliphatic rings. The molecule has 1 atom stereocenters. The molecule has 29 heavy (non-hydrogen) atoms. The highest BCUT2D eigenvalue weighted by Gasteiger charge is 2.17. The van der Waals surface area contributed by atoms with Crippen LogP contribution in [0.25, 0.3) is 10.8 Å². The normalized spacial score (nSPS) is 11.6. The number of rotatable bonds is 5. The summed E-state index contributed by atoms with van der Waals surface area (Å²) in [6, 6.07) is 18.1. The molecule has 0 aromatic heterocycles. The lowest BCUT2D eigenvalue weighted by Gasteiger charge is -2.17. The maximum atomic E-state index is 12.9. The number of nitrogens with one attached hydrogen (secondary N) is 2. The van der Waals surface area contributed by atoms with Gasteiger partial charge in [-0.15, -0.1) is 0 Å². The van der Waals surface area contributed by atoms with Crippen molar-refractivity contribution in [1.29, 1.82) is 0 Å². The van der Waals surface area contributed by atoms with Gasteiger partial charge in [-0.3, -0.25) is 9.59 Å². The van der Waals surface area contributed by atoms with Crippen molar-refractivity contribution in [1.82, 2.24) is 5.32 Å². The SMILES string of the molecule is COC(=O)c1cc(NC(C)=O)cc(C(=O)N[C@H](C)c2cccc3ccccc23)c1. The summed E-state index contributed by atoms with van der Waals surface area (Å²) < 4.78 is 4.75. The summed E-state index contributed by atoms with van der Waals surface area (Å²) >= 11 is 0. The van der Waals surface area contributed by atoms with Crippen molar-refractivity contribution in [2.45, 2.75) is 19.9 Å². The third kappa shape index (κ3) is 4.60. The molecule has 0 fully saturated rings. The maximum absolute atomic E-state index is 12.9. The number of amides is 2. The Morgan fingerprint density at radius 3 is 2.34 bits per heavy atom. The number of benzene rings is 3.